The molecule has 2 aromatic carbocycles. The molecule has 2 aliphatic rings. The van der Waals surface area contributed by atoms with Gasteiger partial charge in [-0.25, -0.2) is 0 Å². The minimum atomic E-state index is 0.132. The first-order valence-corrected chi connectivity index (χ1v) is 11.3. The Morgan fingerprint density at radius 2 is 1.55 bits per heavy atom. The molecule has 2 aromatic rings. The number of ketones is 1. The van der Waals surface area contributed by atoms with E-state index in [1.54, 1.807) is 13.2 Å². The average Bonchev–Trinajstić information content (AvgIpc) is 2.80. The molecular formula is C27H31NO3. The van der Waals surface area contributed by atoms with Crippen LogP contribution in [0.5, 0.6) is 11.5 Å². The highest BCUT2D eigenvalue weighted by atomic mass is 16.5. The van der Waals surface area contributed by atoms with Crippen molar-refractivity contribution in [3.05, 3.63) is 70.3 Å². The fourth-order valence-electron chi connectivity index (χ4n) is 4.46. The zero-order valence-corrected chi connectivity index (χ0v) is 18.3. The van der Waals surface area contributed by atoms with Crippen molar-refractivity contribution in [1.29, 1.82) is 0 Å². The van der Waals surface area contributed by atoms with E-state index in [0.717, 1.165) is 72.5 Å². The zero-order chi connectivity index (χ0) is 21.6. The van der Waals surface area contributed by atoms with Gasteiger partial charge in [0, 0.05) is 23.3 Å². The van der Waals surface area contributed by atoms with Gasteiger partial charge >= 0.3 is 0 Å². The summed E-state index contributed by atoms with van der Waals surface area (Å²) < 4.78 is 5.21. The van der Waals surface area contributed by atoms with Crippen LogP contribution >= 0.6 is 0 Å². The van der Waals surface area contributed by atoms with Crippen LogP contribution in [0.15, 0.2) is 53.6 Å². The van der Waals surface area contributed by atoms with Gasteiger partial charge in [0.25, 0.3) is 0 Å². The normalized spacial score (nSPS) is 20.4. The van der Waals surface area contributed by atoms with Gasteiger partial charge in [0.2, 0.25) is 0 Å². The summed E-state index contributed by atoms with van der Waals surface area (Å²) in [6, 6.07) is 13.5. The quantitative estimate of drug-likeness (QED) is 0.643. The van der Waals surface area contributed by atoms with E-state index in [-0.39, 0.29) is 5.78 Å². The minimum absolute atomic E-state index is 0.132. The second-order valence-electron chi connectivity index (χ2n) is 8.52. The van der Waals surface area contributed by atoms with Crippen LogP contribution in [0.3, 0.4) is 0 Å². The van der Waals surface area contributed by atoms with Crippen molar-refractivity contribution in [2.75, 3.05) is 20.2 Å². The molecule has 1 N–H and O–H groups in total. The Bertz CT molecular complexity index is 982. The summed E-state index contributed by atoms with van der Waals surface area (Å²) in [5, 5.41) is 10.3. The molecule has 4 nitrogen and oxygen atoms in total. The fourth-order valence-corrected chi connectivity index (χ4v) is 4.46. The van der Waals surface area contributed by atoms with Gasteiger partial charge in [-0.05, 0) is 92.7 Å². The Labute approximate surface area is 184 Å². The molecule has 4 heteroatoms. The predicted molar refractivity (Wildman–Crippen MR) is 125 cm³/mol. The number of rotatable bonds is 5. The summed E-state index contributed by atoms with van der Waals surface area (Å²) in [5.41, 5.74) is 4.64. The maximum absolute atomic E-state index is 13.1. The van der Waals surface area contributed by atoms with Gasteiger partial charge in [0.05, 0.1) is 7.11 Å². The number of carbonyl (C=O) groups is 1. The average molecular weight is 418 g/mol. The highest BCUT2D eigenvalue weighted by Crippen LogP contribution is 2.30. The van der Waals surface area contributed by atoms with Crippen molar-refractivity contribution < 1.29 is 14.6 Å². The van der Waals surface area contributed by atoms with E-state index in [1.165, 1.54) is 19.3 Å². The third kappa shape index (κ3) is 5.45. The van der Waals surface area contributed by atoms with Crippen LogP contribution in [0.25, 0.3) is 12.2 Å². The van der Waals surface area contributed by atoms with Crippen LogP contribution in [0, 0.1) is 0 Å². The lowest BCUT2D eigenvalue weighted by Gasteiger charge is -2.26. The van der Waals surface area contributed by atoms with Crippen molar-refractivity contribution in [3.63, 3.8) is 0 Å². The largest absolute Gasteiger partial charge is 0.508 e. The molecule has 4 rings (SSSR count). The number of aromatic hydroxyl groups is 1. The molecule has 0 atom stereocenters. The number of Topliss-reactive ketones (excluding diaryl/α,β-unsaturated/α-hetero) is 1. The first kappa shape index (κ1) is 21.4. The monoisotopic (exact) mass is 417 g/mol. The Balaban J connectivity index is 1.52. The molecule has 0 spiro atoms. The molecular weight excluding hydrogens is 386 g/mol. The topological polar surface area (TPSA) is 49.8 Å². The van der Waals surface area contributed by atoms with E-state index in [4.69, 9.17) is 4.74 Å². The van der Waals surface area contributed by atoms with Gasteiger partial charge in [0.1, 0.15) is 11.5 Å². The fraction of sp³-hybridized carbons (Fsp3) is 0.370. The van der Waals surface area contributed by atoms with E-state index < -0.39 is 0 Å². The van der Waals surface area contributed by atoms with Crippen LogP contribution < -0.4 is 4.74 Å². The number of nitrogens with zero attached hydrogens (tertiary/aromatic N) is 1. The van der Waals surface area contributed by atoms with Crippen LogP contribution in [-0.4, -0.2) is 36.0 Å². The summed E-state index contributed by atoms with van der Waals surface area (Å²) in [7, 11) is 1.65. The molecule has 0 unspecified atom stereocenters. The number of phenolic OH excluding ortho intramolecular Hbond substituents is 1. The number of piperidine rings is 1. The smallest absolute Gasteiger partial charge is 0.185 e. The summed E-state index contributed by atoms with van der Waals surface area (Å²) >= 11 is 0. The molecule has 1 saturated carbocycles. The molecule has 31 heavy (non-hydrogen) atoms. The van der Waals surface area contributed by atoms with Crippen LogP contribution in [0.4, 0.5) is 0 Å². The first-order valence-electron chi connectivity index (χ1n) is 11.3. The van der Waals surface area contributed by atoms with Crippen molar-refractivity contribution in [2.24, 2.45) is 0 Å². The van der Waals surface area contributed by atoms with E-state index in [2.05, 4.69) is 4.90 Å². The highest BCUT2D eigenvalue weighted by Gasteiger charge is 2.21. The molecule has 0 aromatic heterocycles. The number of likely N-dealkylation sites (tertiary alicyclic amines) is 1. The van der Waals surface area contributed by atoms with E-state index in [1.807, 2.05) is 48.6 Å². The number of ether oxygens (including phenoxy) is 1. The standard InChI is InChI=1S/C27H31NO3/c1-31-25-11-8-20(9-12-25)16-22-6-5-7-23(27(22)30)17-21-10-13-26(29)24(18-21)19-28-14-3-2-4-15-28/h8-13,16-18,29H,2-7,14-15,19H2,1H3/b22-16+,23-17+. The van der Waals surface area contributed by atoms with Gasteiger partial charge in [0.15, 0.2) is 5.78 Å². The van der Waals surface area contributed by atoms with Crippen LogP contribution in [0.2, 0.25) is 0 Å². The number of benzene rings is 2. The number of hydrogen-bond donors (Lipinski definition) is 1. The third-order valence-corrected chi connectivity index (χ3v) is 6.22. The van der Waals surface area contributed by atoms with E-state index in [0.29, 0.717) is 5.75 Å². The highest BCUT2D eigenvalue weighted by molar-refractivity contribution is 6.13. The number of phenols is 1. The molecule has 1 heterocycles. The molecule has 162 valence electrons. The van der Waals surface area contributed by atoms with Crippen molar-refractivity contribution >= 4 is 17.9 Å². The SMILES string of the molecule is COc1ccc(/C=C2\CCC/C(=C\c3ccc(O)c(CN4CCCCC4)c3)C2=O)cc1. The minimum Gasteiger partial charge on any atom is -0.508 e. The lowest BCUT2D eigenvalue weighted by atomic mass is 9.86. The second-order valence-corrected chi connectivity index (χ2v) is 8.52. The number of carbonyl (C=O) groups excluding carboxylic acids is 1. The third-order valence-electron chi connectivity index (χ3n) is 6.22. The predicted octanol–water partition coefficient (Wildman–Crippen LogP) is 5.61. The lowest BCUT2D eigenvalue weighted by Crippen LogP contribution is -2.29. The van der Waals surface area contributed by atoms with Gasteiger partial charge < -0.3 is 9.84 Å². The maximum Gasteiger partial charge on any atom is 0.185 e. The first-order chi connectivity index (χ1) is 15.1. The molecule has 0 amide bonds. The second kappa shape index (κ2) is 9.97. The molecule has 0 bridgehead atoms. The Hall–Kier alpha value is -2.85. The number of hydrogen-bond acceptors (Lipinski definition) is 4. The molecule has 1 aliphatic heterocycles. The van der Waals surface area contributed by atoms with Gasteiger partial charge in [-0.1, -0.05) is 24.6 Å². The zero-order valence-electron chi connectivity index (χ0n) is 18.3. The number of methoxy groups -OCH3 is 1. The van der Waals surface area contributed by atoms with Gasteiger partial charge in [-0.2, -0.15) is 0 Å². The summed E-state index contributed by atoms with van der Waals surface area (Å²) in [4.78, 5) is 15.5. The molecule has 2 fully saturated rings. The molecule has 0 radical (unpaired) electrons. The van der Waals surface area contributed by atoms with Crippen LogP contribution in [0.1, 0.15) is 55.2 Å². The van der Waals surface area contributed by atoms with Crippen molar-refractivity contribution in [3.8, 4) is 11.5 Å². The van der Waals surface area contributed by atoms with E-state index in [9.17, 15) is 9.90 Å². The summed E-state index contributed by atoms with van der Waals surface area (Å²) in [6.07, 6.45) is 10.3. The Morgan fingerprint density at radius 1 is 0.903 bits per heavy atom. The summed E-state index contributed by atoms with van der Waals surface area (Å²) in [5.74, 6) is 1.28. The lowest BCUT2D eigenvalue weighted by molar-refractivity contribution is -0.112. The Kier molecular flexibility index (Phi) is 6.88. The van der Waals surface area contributed by atoms with Crippen LogP contribution in [-0.2, 0) is 11.3 Å². The van der Waals surface area contributed by atoms with Gasteiger partial charge in [-0.15, -0.1) is 0 Å². The molecule has 1 aliphatic carbocycles. The maximum atomic E-state index is 13.1. The Morgan fingerprint density at radius 3 is 2.23 bits per heavy atom. The van der Waals surface area contributed by atoms with Gasteiger partial charge in [-0.3, -0.25) is 9.69 Å². The molecule has 1 saturated heterocycles. The van der Waals surface area contributed by atoms with Crippen molar-refractivity contribution in [2.45, 2.75) is 45.1 Å². The summed E-state index contributed by atoms with van der Waals surface area (Å²) in [6.45, 7) is 2.94. The van der Waals surface area contributed by atoms with Crippen molar-refractivity contribution in [1.82, 2.24) is 4.90 Å². The number of allylic oxidation sites excluding steroid dienone is 2. The van der Waals surface area contributed by atoms with E-state index >= 15 is 0 Å².